The summed E-state index contributed by atoms with van der Waals surface area (Å²) in [4.78, 5) is 35.7. The van der Waals surface area contributed by atoms with Gasteiger partial charge in [0.25, 0.3) is 11.5 Å². The summed E-state index contributed by atoms with van der Waals surface area (Å²) in [5.74, 6) is -1.19. The minimum Gasteiger partial charge on any atom is -0.455 e. The number of nitrogens with one attached hydrogen (secondary N) is 2. The number of hydrogen-bond donors (Lipinski definition) is 2. The van der Waals surface area contributed by atoms with Gasteiger partial charge in [0.1, 0.15) is 0 Å². The molecule has 0 radical (unpaired) electrons. The summed E-state index contributed by atoms with van der Waals surface area (Å²) >= 11 is 11.7. The number of carbonyl (C=O) groups is 2. The number of halogens is 2. The van der Waals surface area contributed by atoms with Gasteiger partial charge in [0.2, 0.25) is 0 Å². The molecule has 0 aliphatic carbocycles. The second-order valence-electron chi connectivity index (χ2n) is 5.59. The summed E-state index contributed by atoms with van der Waals surface area (Å²) in [5, 5.41) is 10.5. The number of benzene rings is 2. The molecule has 2 aromatic carbocycles. The van der Waals surface area contributed by atoms with Crippen molar-refractivity contribution in [3.8, 4) is 0 Å². The molecule has 1 heterocycles. The average Bonchev–Trinajstić information content (AvgIpc) is 2.62. The van der Waals surface area contributed by atoms with Gasteiger partial charge < -0.3 is 10.1 Å². The molecule has 0 fully saturated rings. The molecule has 1 amide bonds. The molecule has 7 nitrogen and oxygen atoms in total. The summed E-state index contributed by atoms with van der Waals surface area (Å²) in [6, 6.07) is 11.3. The van der Waals surface area contributed by atoms with Gasteiger partial charge in [0.05, 0.1) is 17.5 Å². The van der Waals surface area contributed by atoms with Crippen LogP contribution in [0.5, 0.6) is 0 Å². The molecule has 0 saturated carbocycles. The number of amides is 1. The number of fused-ring (bicyclic) bond motifs is 1. The summed E-state index contributed by atoms with van der Waals surface area (Å²) in [6.07, 6.45) is -0.187. The quantitative estimate of drug-likeness (QED) is 0.635. The van der Waals surface area contributed by atoms with Crippen LogP contribution in [0.4, 0.5) is 5.69 Å². The van der Waals surface area contributed by atoms with Crippen LogP contribution in [0.3, 0.4) is 0 Å². The molecule has 0 unspecified atom stereocenters. The number of H-pyrrole nitrogens is 1. The van der Waals surface area contributed by atoms with Crippen LogP contribution in [0.25, 0.3) is 10.8 Å². The minimum absolute atomic E-state index is 0.187. The molecule has 138 valence electrons. The van der Waals surface area contributed by atoms with E-state index in [1.54, 1.807) is 24.3 Å². The third kappa shape index (κ3) is 4.84. The molecular formula is C18H13Cl2N3O4. The number of hydrogen-bond acceptors (Lipinski definition) is 5. The first-order valence-electron chi connectivity index (χ1n) is 7.80. The van der Waals surface area contributed by atoms with Crippen molar-refractivity contribution < 1.29 is 14.3 Å². The Bertz CT molecular complexity index is 1060. The van der Waals surface area contributed by atoms with Gasteiger partial charge in [0.15, 0.2) is 6.61 Å². The zero-order valence-electron chi connectivity index (χ0n) is 13.8. The van der Waals surface area contributed by atoms with Gasteiger partial charge in [-0.3, -0.25) is 14.4 Å². The number of rotatable bonds is 5. The fourth-order valence-electron chi connectivity index (χ4n) is 2.46. The summed E-state index contributed by atoms with van der Waals surface area (Å²) in [5.41, 5.74) is 0.404. The van der Waals surface area contributed by atoms with E-state index in [4.69, 9.17) is 27.9 Å². The van der Waals surface area contributed by atoms with Crippen molar-refractivity contribution in [3.05, 3.63) is 68.6 Å². The molecule has 0 atom stereocenters. The molecule has 2 N–H and O–H groups in total. The SMILES string of the molecule is O=C(COC(=O)Cc1n[nH]c(=O)c2ccccc12)Nc1cc(Cl)cc(Cl)c1. The van der Waals surface area contributed by atoms with E-state index in [9.17, 15) is 14.4 Å². The van der Waals surface area contributed by atoms with Crippen molar-refractivity contribution in [2.75, 3.05) is 11.9 Å². The van der Waals surface area contributed by atoms with E-state index in [1.807, 2.05) is 0 Å². The fourth-order valence-corrected chi connectivity index (χ4v) is 2.99. The van der Waals surface area contributed by atoms with Crippen molar-refractivity contribution in [2.24, 2.45) is 0 Å². The third-order valence-electron chi connectivity index (χ3n) is 3.60. The third-order valence-corrected chi connectivity index (χ3v) is 4.03. The second kappa shape index (κ2) is 8.20. The maximum atomic E-state index is 12.0. The molecule has 3 rings (SSSR count). The van der Waals surface area contributed by atoms with Crippen molar-refractivity contribution >= 4 is 51.5 Å². The van der Waals surface area contributed by atoms with E-state index < -0.39 is 18.5 Å². The minimum atomic E-state index is -0.654. The summed E-state index contributed by atoms with van der Waals surface area (Å²) in [6.45, 7) is -0.482. The Balaban J connectivity index is 1.61. The Morgan fingerprint density at radius 3 is 2.44 bits per heavy atom. The van der Waals surface area contributed by atoms with Crippen molar-refractivity contribution in [3.63, 3.8) is 0 Å². The van der Waals surface area contributed by atoms with Crippen LogP contribution >= 0.6 is 23.2 Å². The molecule has 0 spiro atoms. The molecular weight excluding hydrogens is 393 g/mol. The van der Waals surface area contributed by atoms with E-state index in [-0.39, 0.29) is 12.0 Å². The van der Waals surface area contributed by atoms with Gasteiger partial charge in [-0.15, -0.1) is 0 Å². The highest BCUT2D eigenvalue weighted by atomic mass is 35.5. The van der Waals surface area contributed by atoms with Crippen LogP contribution in [-0.2, 0) is 20.7 Å². The predicted molar refractivity (Wildman–Crippen MR) is 102 cm³/mol. The van der Waals surface area contributed by atoms with Crippen LogP contribution < -0.4 is 10.9 Å². The maximum Gasteiger partial charge on any atom is 0.312 e. The molecule has 0 aliphatic rings. The van der Waals surface area contributed by atoms with Gasteiger partial charge in [0, 0.05) is 21.1 Å². The topological polar surface area (TPSA) is 101 Å². The molecule has 1 aromatic heterocycles. The zero-order valence-corrected chi connectivity index (χ0v) is 15.3. The van der Waals surface area contributed by atoms with Gasteiger partial charge in [-0.2, -0.15) is 5.10 Å². The van der Waals surface area contributed by atoms with Gasteiger partial charge in [-0.05, 0) is 24.3 Å². The maximum absolute atomic E-state index is 12.0. The monoisotopic (exact) mass is 405 g/mol. The first kappa shape index (κ1) is 18.9. The van der Waals surface area contributed by atoms with Gasteiger partial charge >= 0.3 is 5.97 Å². The van der Waals surface area contributed by atoms with Crippen LogP contribution in [0, 0.1) is 0 Å². The van der Waals surface area contributed by atoms with Crippen molar-refractivity contribution in [1.29, 1.82) is 0 Å². The first-order valence-corrected chi connectivity index (χ1v) is 8.56. The van der Waals surface area contributed by atoms with E-state index in [1.165, 1.54) is 18.2 Å². The van der Waals surface area contributed by atoms with Crippen molar-refractivity contribution in [2.45, 2.75) is 6.42 Å². The fraction of sp³-hybridized carbons (Fsp3) is 0.111. The summed E-state index contributed by atoms with van der Waals surface area (Å²) < 4.78 is 4.97. The zero-order chi connectivity index (χ0) is 19.4. The number of nitrogens with zero attached hydrogens (tertiary/aromatic N) is 1. The van der Waals surface area contributed by atoms with Crippen LogP contribution in [0.2, 0.25) is 10.0 Å². The number of aromatic amines is 1. The molecule has 9 heteroatoms. The first-order chi connectivity index (χ1) is 12.9. The number of ether oxygens (including phenoxy) is 1. The van der Waals surface area contributed by atoms with E-state index >= 15 is 0 Å². The highest BCUT2D eigenvalue weighted by molar-refractivity contribution is 6.35. The largest absolute Gasteiger partial charge is 0.455 e. The smallest absolute Gasteiger partial charge is 0.312 e. The number of carbonyl (C=O) groups excluding carboxylic acids is 2. The number of aromatic nitrogens is 2. The van der Waals surface area contributed by atoms with Gasteiger partial charge in [-0.25, -0.2) is 5.10 Å². The molecule has 27 heavy (non-hydrogen) atoms. The Labute approximate surface area is 163 Å². The Kier molecular flexibility index (Phi) is 5.73. The molecule has 0 aliphatic heterocycles. The lowest BCUT2D eigenvalue weighted by atomic mass is 10.1. The highest BCUT2D eigenvalue weighted by Gasteiger charge is 2.13. The van der Waals surface area contributed by atoms with Crippen LogP contribution in [0.15, 0.2) is 47.3 Å². The lowest BCUT2D eigenvalue weighted by Gasteiger charge is -2.08. The predicted octanol–water partition coefficient (Wildman–Crippen LogP) is 2.95. The molecule has 3 aromatic rings. The molecule has 0 saturated heterocycles. The van der Waals surface area contributed by atoms with Crippen molar-refractivity contribution in [1.82, 2.24) is 10.2 Å². The van der Waals surface area contributed by atoms with Gasteiger partial charge in [-0.1, -0.05) is 41.4 Å². The number of esters is 1. The average molecular weight is 406 g/mol. The van der Waals surface area contributed by atoms with Crippen LogP contribution in [-0.4, -0.2) is 28.7 Å². The van der Waals surface area contributed by atoms with E-state index in [0.29, 0.717) is 32.2 Å². The number of anilines is 1. The molecule has 0 bridgehead atoms. The Morgan fingerprint density at radius 2 is 1.74 bits per heavy atom. The standard InChI is InChI=1S/C18H13Cl2N3O4/c19-10-5-11(20)7-12(6-10)21-16(24)9-27-17(25)8-15-13-3-1-2-4-14(13)18(26)23-22-15/h1-7H,8-9H2,(H,21,24)(H,23,26). The Morgan fingerprint density at radius 1 is 1.07 bits per heavy atom. The van der Waals surface area contributed by atoms with Crippen LogP contribution in [0.1, 0.15) is 5.69 Å². The second-order valence-corrected chi connectivity index (χ2v) is 6.46. The Hall–Kier alpha value is -2.90. The highest BCUT2D eigenvalue weighted by Crippen LogP contribution is 2.22. The summed E-state index contributed by atoms with van der Waals surface area (Å²) in [7, 11) is 0. The lowest BCUT2D eigenvalue weighted by molar-refractivity contribution is -0.146. The lowest BCUT2D eigenvalue weighted by Crippen LogP contribution is -2.22. The van der Waals surface area contributed by atoms with E-state index in [2.05, 4.69) is 15.5 Å². The normalized spacial score (nSPS) is 10.6. The van der Waals surface area contributed by atoms with E-state index in [0.717, 1.165) is 0 Å².